The van der Waals surface area contributed by atoms with Crippen LogP contribution in [0.1, 0.15) is 93.1 Å². The molecule has 0 spiro atoms. The van der Waals surface area contributed by atoms with Gasteiger partial charge < -0.3 is 5.11 Å². The molecule has 0 saturated heterocycles. The summed E-state index contributed by atoms with van der Waals surface area (Å²) >= 11 is 0. The van der Waals surface area contributed by atoms with Gasteiger partial charge in [0.2, 0.25) is 0 Å². The SMILES string of the molecule is CC(C)CC(C)CC(C)CC(C)(CC(C)CC(C)C)c1ccc(O)cc1. The monoisotopic (exact) mass is 360 g/mol. The average Bonchev–Trinajstić information content (AvgIpc) is 2.44. The molecule has 4 unspecified atom stereocenters. The Morgan fingerprint density at radius 1 is 0.692 bits per heavy atom. The summed E-state index contributed by atoms with van der Waals surface area (Å²) in [7, 11) is 0. The number of hydrogen-bond acceptors (Lipinski definition) is 1. The average molecular weight is 361 g/mol. The molecule has 0 radical (unpaired) electrons. The van der Waals surface area contributed by atoms with E-state index in [-0.39, 0.29) is 5.41 Å². The minimum absolute atomic E-state index is 0.180. The van der Waals surface area contributed by atoms with Gasteiger partial charge in [0.25, 0.3) is 0 Å². The lowest BCUT2D eigenvalue weighted by molar-refractivity contribution is 0.242. The topological polar surface area (TPSA) is 20.2 Å². The largest absolute Gasteiger partial charge is 0.508 e. The van der Waals surface area contributed by atoms with E-state index in [1.54, 1.807) is 0 Å². The molecule has 150 valence electrons. The molecule has 0 heterocycles. The number of phenols is 1. The van der Waals surface area contributed by atoms with Crippen LogP contribution in [-0.4, -0.2) is 5.11 Å². The van der Waals surface area contributed by atoms with Gasteiger partial charge in [-0.3, -0.25) is 0 Å². The van der Waals surface area contributed by atoms with Crippen LogP contribution < -0.4 is 0 Å². The lowest BCUT2D eigenvalue weighted by Gasteiger charge is -2.36. The first-order chi connectivity index (χ1) is 12.0. The zero-order valence-corrected chi connectivity index (χ0v) is 18.7. The van der Waals surface area contributed by atoms with Gasteiger partial charge in [0.1, 0.15) is 5.75 Å². The molecular weight excluding hydrogens is 316 g/mol. The summed E-state index contributed by atoms with van der Waals surface area (Å²) in [6.45, 7) is 19.0. The molecule has 0 aliphatic carbocycles. The maximum absolute atomic E-state index is 9.71. The molecule has 1 heteroatoms. The summed E-state index contributed by atoms with van der Waals surface area (Å²) in [6, 6.07) is 7.99. The van der Waals surface area contributed by atoms with Crippen LogP contribution in [0.25, 0.3) is 0 Å². The van der Waals surface area contributed by atoms with Crippen molar-refractivity contribution in [1.29, 1.82) is 0 Å². The first-order valence-electron chi connectivity index (χ1n) is 10.8. The Labute approximate surface area is 163 Å². The van der Waals surface area contributed by atoms with Crippen molar-refractivity contribution in [2.45, 2.75) is 92.9 Å². The molecular formula is C25H44O. The second-order valence-corrected chi connectivity index (χ2v) is 10.3. The fraction of sp³-hybridized carbons (Fsp3) is 0.760. The lowest BCUT2D eigenvalue weighted by atomic mass is 9.68. The summed E-state index contributed by atoms with van der Waals surface area (Å²) in [5.41, 5.74) is 1.56. The molecule has 0 saturated carbocycles. The molecule has 1 rings (SSSR count). The predicted molar refractivity (Wildman–Crippen MR) is 116 cm³/mol. The molecule has 4 atom stereocenters. The Hall–Kier alpha value is -0.980. The van der Waals surface area contributed by atoms with E-state index in [9.17, 15) is 5.11 Å². The number of rotatable bonds is 11. The van der Waals surface area contributed by atoms with Crippen molar-refractivity contribution >= 4 is 0 Å². The van der Waals surface area contributed by atoms with Gasteiger partial charge in [0.15, 0.2) is 0 Å². The van der Waals surface area contributed by atoms with Crippen molar-refractivity contribution in [3.8, 4) is 5.75 Å². The summed E-state index contributed by atoms with van der Waals surface area (Å²) < 4.78 is 0. The molecule has 0 fully saturated rings. The van der Waals surface area contributed by atoms with Crippen molar-refractivity contribution in [2.24, 2.45) is 29.6 Å². The van der Waals surface area contributed by atoms with Gasteiger partial charge in [-0.15, -0.1) is 0 Å². The minimum Gasteiger partial charge on any atom is -0.508 e. The molecule has 1 nitrogen and oxygen atoms in total. The standard InChI is InChI=1S/C25H44O/c1-18(2)13-20(5)15-22(7)17-25(8,16-21(6)14-19(3)4)23-9-11-24(26)12-10-23/h9-12,18-22,26H,13-17H2,1-8H3. The van der Waals surface area contributed by atoms with E-state index in [1.165, 1.54) is 37.7 Å². The van der Waals surface area contributed by atoms with Gasteiger partial charge in [0.05, 0.1) is 0 Å². The number of phenolic OH excluding ortho intramolecular Hbond substituents is 1. The van der Waals surface area contributed by atoms with Crippen LogP contribution in [-0.2, 0) is 5.41 Å². The summed E-state index contributed by atoms with van der Waals surface area (Å²) in [5.74, 6) is 4.12. The van der Waals surface area contributed by atoms with Crippen LogP contribution in [0.5, 0.6) is 5.75 Å². The second-order valence-electron chi connectivity index (χ2n) is 10.3. The van der Waals surface area contributed by atoms with E-state index < -0.39 is 0 Å². The molecule has 0 bridgehead atoms. The fourth-order valence-corrected chi connectivity index (χ4v) is 5.28. The van der Waals surface area contributed by atoms with E-state index in [1.807, 2.05) is 12.1 Å². The van der Waals surface area contributed by atoms with E-state index in [4.69, 9.17) is 0 Å². The Bertz CT molecular complexity index is 501. The molecule has 1 N–H and O–H groups in total. The van der Waals surface area contributed by atoms with Gasteiger partial charge in [-0.05, 0) is 84.8 Å². The molecule has 1 aromatic rings. The molecule has 0 aliphatic heterocycles. The van der Waals surface area contributed by atoms with Gasteiger partial charge in [-0.25, -0.2) is 0 Å². The van der Waals surface area contributed by atoms with Crippen molar-refractivity contribution in [3.63, 3.8) is 0 Å². The number of hydrogen-bond donors (Lipinski definition) is 1. The van der Waals surface area contributed by atoms with Gasteiger partial charge in [-0.2, -0.15) is 0 Å². The summed E-state index contributed by atoms with van der Waals surface area (Å²) in [4.78, 5) is 0. The summed E-state index contributed by atoms with van der Waals surface area (Å²) in [6.07, 6.45) is 6.36. The zero-order chi connectivity index (χ0) is 19.9. The minimum atomic E-state index is 0.180. The van der Waals surface area contributed by atoms with Crippen molar-refractivity contribution in [1.82, 2.24) is 0 Å². The highest BCUT2D eigenvalue weighted by molar-refractivity contribution is 5.31. The van der Waals surface area contributed by atoms with Gasteiger partial charge in [-0.1, -0.05) is 67.5 Å². The highest BCUT2D eigenvalue weighted by Crippen LogP contribution is 2.40. The van der Waals surface area contributed by atoms with Gasteiger partial charge in [0, 0.05) is 0 Å². The molecule has 0 aliphatic rings. The number of benzene rings is 1. The van der Waals surface area contributed by atoms with Crippen LogP contribution >= 0.6 is 0 Å². The Morgan fingerprint density at radius 3 is 1.58 bits per heavy atom. The van der Waals surface area contributed by atoms with Crippen LogP contribution in [0.4, 0.5) is 0 Å². The maximum atomic E-state index is 9.71. The fourth-order valence-electron chi connectivity index (χ4n) is 5.28. The van der Waals surface area contributed by atoms with Crippen LogP contribution in [0.2, 0.25) is 0 Å². The third kappa shape index (κ3) is 8.14. The predicted octanol–water partition coefficient (Wildman–Crippen LogP) is 7.82. The van der Waals surface area contributed by atoms with Crippen molar-refractivity contribution in [2.75, 3.05) is 0 Å². The van der Waals surface area contributed by atoms with Crippen molar-refractivity contribution in [3.05, 3.63) is 29.8 Å². The zero-order valence-electron chi connectivity index (χ0n) is 18.7. The Morgan fingerprint density at radius 2 is 1.12 bits per heavy atom. The molecule has 0 amide bonds. The van der Waals surface area contributed by atoms with E-state index in [0.717, 1.165) is 17.8 Å². The van der Waals surface area contributed by atoms with Crippen LogP contribution in [0, 0.1) is 29.6 Å². The van der Waals surface area contributed by atoms with Crippen LogP contribution in [0.3, 0.4) is 0 Å². The van der Waals surface area contributed by atoms with Gasteiger partial charge >= 0.3 is 0 Å². The van der Waals surface area contributed by atoms with E-state index >= 15 is 0 Å². The maximum Gasteiger partial charge on any atom is 0.115 e. The number of aromatic hydroxyl groups is 1. The first kappa shape index (κ1) is 23.1. The lowest BCUT2D eigenvalue weighted by Crippen LogP contribution is -2.28. The summed E-state index contributed by atoms with van der Waals surface area (Å²) in [5, 5.41) is 9.71. The third-order valence-corrected chi connectivity index (χ3v) is 5.71. The smallest absolute Gasteiger partial charge is 0.115 e. The molecule has 1 aromatic carbocycles. The van der Waals surface area contributed by atoms with E-state index in [2.05, 4.69) is 67.5 Å². The van der Waals surface area contributed by atoms with Crippen molar-refractivity contribution < 1.29 is 5.11 Å². The Balaban J connectivity index is 2.91. The normalized spacial score (nSPS) is 17.9. The third-order valence-electron chi connectivity index (χ3n) is 5.71. The highest BCUT2D eigenvalue weighted by Gasteiger charge is 2.31. The van der Waals surface area contributed by atoms with E-state index in [0.29, 0.717) is 17.6 Å². The second kappa shape index (κ2) is 10.4. The molecule has 0 aromatic heterocycles. The Kier molecular flexibility index (Phi) is 9.21. The first-order valence-corrected chi connectivity index (χ1v) is 10.8. The molecule has 26 heavy (non-hydrogen) atoms. The highest BCUT2D eigenvalue weighted by atomic mass is 16.3. The quantitative estimate of drug-likeness (QED) is 0.426. The van der Waals surface area contributed by atoms with Crippen LogP contribution in [0.15, 0.2) is 24.3 Å².